The van der Waals surface area contributed by atoms with Crippen LogP contribution in [0.4, 0.5) is 0 Å². The van der Waals surface area contributed by atoms with Gasteiger partial charge in [-0.25, -0.2) is 13.1 Å². The maximum atomic E-state index is 12.8. The number of aromatic nitrogens is 2. The van der Waals surface area contributed by atoms with Crippen LogP contribution in [0.25, 0.3) is 0 Å². The highest BCUT2D eigenvalue weighted by molar-refractivity contribution is 7.98. The van der Waals surface area contributed by atoms with Gasteiger partial charge < -0.3 is 5.11 Å². The molecule has 2 aromatic rings. The topological polar surface area (TPSA) is 89.3 Å². The number of sulfone groups is 1. The number of aryl methyl sites for hydroxylation is 1. The standard InChI is InChI=1S/C16H19ClN2O4S2/c1-4-19-16(21)11(8-18-19)15(20)10-6-7-13(25(3,22)23)12(14(10)17)9-24-5-2/h6-8,21H,4-5,9H2,1-3H3. The number of nitrogens with zero attached hydrogens (tertiary/aromatic N) is 2. The summed E-state index contributed by atoms with van der Waals surface area (Å²) in [5, 5.41) is 14.1. The highest BCUT2D eigenvalue weighted by Gasteiger charge is 2.25. The van der Waals surface area contributed by atoms with Crippen molar-refractivity contribution < 1.29 is 18.3 Å². The SMILES string of the molecule is CCSCc1c(S(C)(=O)=O)ccc(C(=O)c2cnn(CC)c2O)c1Cl. The van der Waals surface area contributed by atoms with Gasteiger partial charge in [-0.2, -0.15) is 16.9 Å². The molecule has 0 atom stereocenters. The number of hydrogen-bond acceptors (Lipinski definition) is 6. The molecule has 0 aliphatic rings. The Bertz CT molecular complexity index is 907. The van der Waals surface area contributed by atoms with Crippen LogP contribution in [0.15, 0.2) is 23.2 Å². The van der Waals surface area contributed by atoms with Gasteiger partial charge in [0.25, 0.3) is 0 Å². The molecule has 0 fully saturated rings. The third kappa shape index (κ3) is 4.02. The second-order valence-electron chi connectivity index (χ2n) is 5.34. The second kappa shape index (κ2) is 7.80. The van der Waals surface area contributed by atoms with Crippen LogP contribution in [0.3, 0.4) is 0 Å². The smallest absolute Gasteiger partial charge is 0.220 e. The maximum absolute atomic E-state index is 12.8. The molecule has 0 amide bonds. The van der Waals surface area contributed by atoms with Crippen LogP contribution in [-0.4, -0.2) is 41.1 Å². The lowest BCUT2D eigenvalue weighted by molar-refractivity contribution is 0.103. The first kappa shape index (κ1) is 19.8. The van der Waals surface area contributed by atoms with E-state index in [1.165, 1.54) is 34.8 Å². The number of thioether (sulfide) groups is 1. The fourth-order valence-electron chi connectivity index (χ4n) is 2.38. The fraction of sp³-hybridized carbons (Fsp3) is 0.375. The number of rotatable bonds is 7. The van der Waals surface area contributed by atoms with E-state index in [1.54, 1.807) is 6.92 Å². The van der Waals surface area contributed by atoms with Crippen molar-refractivity contribution >= 4 is 39.0 Å². The Morgan fingerprint density at radius 2 is 2.00 bits per heavy atom. The Morgan fingerprint density at radius 1 is 1.32 bits per heavy atom. The number of aromatic hydroxyl groups is 1. The van der Waals surface area contributed by atoms with Crippen molar-refractivity contribution in [3.63, 3.8) is 0 Å². The van der Waals surface area contributed by atoms with E-state index in [1.807, 2.05) is 6.92 Å². The molecule has 25 heavy (non-hydrogen) atoms. The van der Waals surface area contributed by atoms with Gasteiger partial charge in [-0.1, -0.05) is 18.5 Å². The molecule has 0 unspecified atom stereocenters. The molecule has 0 saturated heterocycles. The Labute approximate surface area is 156 Å². The number of benzene rings is 1. The highest BCUT2D eigenvalue weighted by Crippen LogP contribution is 2.33. The van der Waals surface area contributed by atoms with Gasteiger partial charge in [0.1, 0.15) is 5.56 Å². The van der Waals surface area contributed by atoms with Gasteiger partial charge in [0.15, 0.2) is 9.84 Å². The molecule has 1 N–H and O–H groups in total. The molecule has 9 heteroatoms. The third-order valence-electron chi connectivity index (χ3n) is 3.65. The minimum Gasteiger partial charge on any atom is -0.493 e. The third-order valence-corrected chi connectivity index (χ3v) is 6.16. The summed E-state index contributed by atoms with van der Waals surface area (Å²) in [5.74, 6) is 0.422. The molecule has 1 aromatic carbocycles. The molecule has 0 aliphatic heterocycles. The van der Waals surface area contributed by atoms with Crippen molar-refractivity contribution in [2.24, 2.45) is 0 Å². The molecule has 136 valence electrons. The molecule has 0 radical (unpaired) electrons. The van der Waals surface area contributed by atoms with Gasteiger partial charge in [-0.05, 0) is 30.4 Å². The summed E-state index contributed by atoms with van der Waals surface area (Å²) >= 11 is 7.89. The van der Waals surface area contributed by atoms with E-state index in [4.69, 9.17) is 11.6 Å². The van der Waals surface area contributed by atoms with E-state index >= 15 is 0 Å². The molecule has 6 nitrogen and oxygen atoms in total. The number of ketones is 1. The van der Waals surface area contributed by atoms with E-state index in [0.717, 1.165) is 12.0 Å². The lowest BCUT2D eigenvalue weighted by Crippen LogP contribution is -2.08. The van der Waals surface area contributed by atoms with E-state index in [9.17, 15) is 18.3 Å². The Balaban J connectivity index is 2.58. The number of halogens is 1. The largest absolute Gasteiger partial charge is 0.493 e. The van der Waals surface area contributed by atoms with Crippen LogP contribution in [0.1, 0.15) is 35.3 Å². The van der Waals surface area contributed by atoms with Crippen molar-refractivity contribution in [1.29, 1.82) is 0 Å². The Hall–Kier alpha value is -1.51. The van der Waals surface area contributed by atoms with Gasteiger partial charge >= 0.3 is 0 Å². The molecule has 2 rings (SSSR count). The van der Waals surface area contributed by atoms with E-state index in [0.29, 0.717) is 17.9 Å². The first-order valence-corrected chi connectivity index (χ1v) is 11.0. The molecule has 0 spiro atoms. The zero-order valence-electron chi connectivity index (χ0n) is 14.1. The first-order chi connectivity index (χ1) is 11.7. The average Bonchev–Trinajstić information content (AvgIpc) is 2.92. The minimum atomic E-state index is -3.48. The normalized spacial score (nSPS) is 11.7. The van der Waals surface area contributed by atoms with Gasteiger partial charge in [0, 0.05) is 24.1 Å². The summed E-state index contributed by atoms with van der Waals surface area (Å²) < 4.78 is 25.3. The van der Waals surface area contributed by atoms with Crippen molar-refractivity contribution in [2.75, 3.05) is 12.0 Å². The van der Waals surface area contributed by atoms with E-state index in [2.05, 4.69) is 5.10 Å². The first-order valence-electron chi connectivity index (χ1n) is 7.60. The molecular weight excluding hydrogens is 384 g/mol. The summed E-state index contributed by atoms with van der Waals surface area (Å²) in [6.45, 7) is 4.15. The number of carbonyl (C=O) groups excluding carboxylic acids is 1. The Morgan fingerprint density at radius 3 is 2.52 bits per heavy atom. The van der Waals surface area contributed by atoms with Crippen LogP contribution >= 0.6 is 23.4 Å². The molecule has 1 heterocycles. The predicted molar refractivity (Wildman–Crippen MR) is 99.4 cm³/mol. The molecular formula is C16H19ClN2O4S2. The zero-order chi connectivity index (χ0) is 18.8. The van der Waals surface area contributed by atoms with Gasteiger partial charge in [0.2, 0.25) is 11.7 Å². The zero-order valence-corrected chi connectivity index (χ0v) is 16.5. The lowest BCUT2D eigenvalue weighted by atomic mass is 10.0. The van der Waals surface area contributed by atoms with E-state index in [-0.39, 0.29) is 26.9 Å². The summed E-state index contributed by atoms with van der Waals surface area (Å²) in [5.41, 5.74) is 0.584. The monoisotopic (exact) mass is 402 g/mol. The molecule has 0 bridgehead atoms. The molecule has 1 aromatic heterocycles. The van der Waals surface area contributed by atoms with Crippen LogP contribution < -0.4 is 0 Å². The average molecular weight is 403 g/mol. The van der Waals surface area contributed by atoms with Crippen molar-refractivity contribution in [2.45, 2.75) is 31.0 Å². The summed E-state index contributed by atoms with van der Waals surface area (Å²) in [4.78, 5) is 12.9. The van der Waals surface area contributed by atoms with Crippen molar-refractivity contribution in [3.8, 4) is 5.88 Å². The minimum absolute atomic E-state index is 0.0324. The summed E-state index contributed by atoms with van der Waals surface area (Å²) in [6.07, 6.45) is 2.39. The fourth-order valence-corrected chi connectivity index (χ4v) is 4.57. The van der Waals surface area contributed by atoms with Crippen molar-refractivity contribution in [1.82, 2.24) is 9.78 Å². The van der Waals surface area contributed by atoms with Crippen LogP contribution in [0.5, 0.6) is 5.88 Å². The van der Waals surface area contributed by atoms with Crippen molar-refractivity contribution in [3.05, 3.63) is 40.0 Å². The summed E-state index contributed by atoms with van der Waals surface area (Å²) in [7, 11) is -3.48. The van der Waals surface area contributed by atoms with Gasteiger partial charge in [-0.3, -0.25) is 4.79 Å². The number of carbonyl (C=O) groups is 1. The highest BCUT2D eigenvalue weighted by atomic mass is 35.5. The predicted octanol–water partition coefficient (Wildman–Crippen LogP) is 3.15. The van der Waals surface area contributed by atoms with Crippen LogP contribution in [0.2, 0.25) is 5.02 Å². The maximum Gasteiger partial charge on any atom is 0.220 e. The summed E-state index contributed by atoms with van der Waals surface area (Å²) in [6, 6.07) is 2.77. The van der Waals surface area contributed by atoms with E-state index < -0.39 is 15.6 Å². The molecule has 0 saturated carbocycles. The van der Waals surface area contributed by atoms with Gasteiger partial charge in [-0.15, -0.1) is 0 Å². The lowest BCUT2D eigenvalue weighted by Gasteiger charge is -2.13. The molecule has 0 aliphatic carbocycles. The Kier molecular flexibility index (Phi) is 6.18. The van der Waals surface area contributed by atoms with Crippen LogP contribution in [-0.2, 0) is 22.1 Å². The second-order valence-corrected chi connectivity index (χ2v) is 8.98. The van der Waals surface area contributed by atoms with Crippen LogP contribution in [0, 0.1) is 0 Å². The van der Waals surface area contributed by atoms with Gasteiger partial charge in [0.05, 0.1) is 16.1 Å². The number of hydrogen-bond donors (Lipinski definition) is 1. The quantitative estimate of drug-likeness (QED) is 0.715.